The number of carbonyl (C=O) groups is 1. The fourth-order valence-corrected chi connectivity index (χ4v) is 1.80. The van der Waals surface area contributed by atoms with E-state index >= 15 is 0 Å². The van der Waals surface area contributed by atoms with Crippen LogP contribution in [0.2, 0.25) is 0 Å². The Morgan fingerprint density at radius 1 is 0.478 bits per heavy atom. The van der Waals surface area contributed by atoms with Gasteiger partial charge in [0, 0.05) is 6.42 Å². The Morgan fingerprint density at radius 3 is 1.17 bits per heavy atom. The van der Waals surface area contributed by atoms with E-state index in [9.17, 15) is 4.79 Å². The van der Waals surface area contributed by atoms with Crippen molar-refractivity contribution < 1.29 is 4.79 Å². The van der Waals surface area contributed by atoms with Gasteiger partial charge in [-0.15, -0.1) is 0 Å². The zero-order valence-corrected chi connectivity index (χ0v) is 14.6. The van der Waals surface area contributed by atoms with Gasteiger partial charge in [-0.2, -0.15) is 0 Å². The lowest BCUT2D eigenvalue weighted by molar-refractivity contribution is -0.107. The van der Waals surface area contributed by atoms with E-state index in [-0.39, 0.29) is 0 Å². The van der Waals surface area contributed by atoms with Crippen LogP contribution in [-0.4, -0.2) is 6.29 Å². The van der Waals surface area contributed by atoms with Crippen LogP contribution in [0.15, 0.2) is 72.9 Å². The van der Waals surface area contributed by atoms with Crippen LogP contribution in [0.4, 0.5) is 0 Å². The first kappa shape index (κ1) is 21.1. The molecular weight excluding hydrogens is 280 g/mol. The summed E-state index contributed by atoms with van der Waals surface area (Å²) in [7, 11) is 0. The van der Waals surface area contributed by atoms with Crippen LogP contribution in [0.3, 0.4) is 0 Å². The number of hydrogen-bond donors (Lipinski definition) is 0. The van der Waals surface area contributed by atoms with Crippen molar-refractivity contribution in [3.05, 3.63) is 72.9 Å². The van der Waals surface area contributed by atoms with Crippen molar-refractivity contribution in [3.63, 3.8) is 0 Å². The van der Waals surface area contributed by atoms with Gasteiger partial charge in [0.05, 0.1) is 0 Å². The lowest BCUT2D eigenvalue weighted by atomic mass is 10.2. The molecule has 0 amide bonds. The molecule has 0 rings (SSSR count). The maximum Gasteiger partial charge on any atom is 0.120 e. The summed E-state index contributed by atoms with van der Waals surface area (Å²) in [5.74, 6) is 0. The van der Waals surface area contributed by atoms with Gasteiger partial charge in [-0.1, -0.05) is 79.8 Å². The normalized spacial score (nSPS) is 13.1. The largest absolute Gasteiger partial charge is 0.303 e. The monoisotopic (exact) mass is 312 g/mol. The second-order valence-corrected chi connectivity index (χ2v) is 5.16. The first-order chi connectivity index (χ1) is 11.4. The standard InChI is InChI=1S/C22H32O/c1-2-3-4-5-6-7-8-9-10-11-12-13-14-15-16-17-18-19-20-21-22-23/h3-4,6-7,9-10,12-13,15-16,18-19,22H,2,5,8,11,14,17,20-21H2,1H3/b4-3+,7-6+,10-9+,13-12+,16-15+,19-18+. The molecular formula is C22H32O. The quantitative estimate of drug-likeness (QED) is 0.199. The first-order valence-corrected chi connectivity index (χ1v) is 8.75. The van der Waals surface area contributed by atoms with Crippen molar-refractivity contribution in [3.8, 4) is 0 Å². The first-order valence-electron chi connectivity index (χ1n) is 8.75. The van der Waals surface area contributed by atoms with Gasteiger partial charge in [0.25, 0.3) is 0 Å². The van der Waals surface area contributed by atoms with E-state index in [0.29, 0.717) is 6.42 Å². The van der Waals surface area contributed by atoms with Crippen LogP contribution in [-0.2, 0) is 4.79 Å². The second kappa shape index (κ2) is 20.1. The van der Waals surface area contributed by atoms with E-state index in [4.69, 9.17) is 0 Å². The molecule has 1 nitrogen and oxygen atoms in total. The van der Waals surface area contributed by atoms with Crippen molar-refractivity contribution in [2.45, 2.75) is 58.3 Å². The zero-order valence-electron chi connectivity index (χ0n) is 14.6. The number of hydrogen-bond acceptors (Lipinski definition) is 1. The Bertz CT molecular complexity index is 419. The predicted molar refractivity (Wildman–Crippen MR) is 104 cm³/mol. The summed E-state index contributed by atoms with van der Waals surface area (Å²) in [5, 5.41) is 0. The Kier molecular flexibility index (Phi) is 18.5. The molecule has 0 spiro atoms. The maximum atomic E-state index is 10.1. The zero-order chi connectivity index (χ0) is 16.8. The van der Waals surface area contributed by atoms with E-state index in [2.05, 4.69) is 79.8 Å². The molecule has 23 heavy (non-hydrogen) atoms. The van der Waals surface area contributed by atoms with Gasteiger partial charge in [0.15, 0.2) is 0 Å². The number of allylic oxidation sites excluding steroid dienone is 12. The van der Waals surface area contributed by atoms with E-state index in [1.807, 2.05) is 0 Å². The van der Waals surface area contributed by atoms with Crippen LogP contribution in [0, 0.1) is 0 Å². The molecule has 0 unspecified atom stereocenters. The van der Waals surface area contributed by atoms with Crippen molar-refractivity contribution in [1.29, 1.82) is 0 Å². The molecule has 0 N–H and O–H groups in total. The number of rotatable bonds is 14. The van der Waals surface area contributed by atoms with Gasteiger partial charge >= 0.3 is 0 Å². The van der Waals surface area contributed by atoms with Crippen LogP contribution >= 0.6 is 0 Å². The maximum absolute atomic E-state index is 10.1. The van der Waals surface area contributed by atoms with Crippen LogP contribution in [0.25, 0.3) is 0 Å². The average molecular weight is 312 g/mol. The molecule has 0 aliphatic rings. The van der Waals surface area contributed by atoms with Gasteiger partial charge < -0.3 is 4.79 Å². The van der Waals surface area contributed by atoms with Crippen molar-refractivity contribution in [2.75, 3.05) is 0 Å². The van der Waals surface area contributed by atoms with Crippen LogP contribution in [0.1, 0.15) is 58.3 Å². The second-order valence-electron chi connectivity index (χ2n) is 5.16. The number of unbranched alkanes of at least 4 members (excludes halogenated alkanes) is 1. The lowest BCUT2D eigenvalue weighted by Gasteiger charge is -1.86. The molecule has 0 heterocycles. The number of carbonyl (C=O) groups excluding carboxylic acids is 1. The fourth-order valence-electron chi connectivity index (χ4n) is 1.80. The third kappa shape index (κ3) is 20.1. The molecule has 0 atom stereocenters. The van der Waals surface area contributed by atoms with Crippen LogP contribution < -0.4 is 0 Å². The topological polar surface area (TPSA) is 17.1 Å². The summed E-state index contributed by atoms with van der Waals surface area (Å²) in [4.78, 5) is 10.1. The third-order valence-corrected chi connectivity index (χ3v) is 3.05. The Balaban J connectivity index is 3.49. The van der Waals surface area contributed by atoms with E-state index in [1.54, 1.807) is 0 Å². The Morgan fingerprint density at radius 2 is 0.826 bits per heavy atom. The van der Waals surface area contributed by atoms with Gasteiger partial charge in [-0.25, -0.2) is 0 Å². The Labute approximate surface area is 142 Å². The molecule has 0 aromatic carbocycles. The molecule has 0 aliphatic heterocycles. The van der Waals surface area contributed by atoms with E-state index < -0.39 is 0 Å². The summed E-state index contributed by atoms with van der Waals surface area (Å²) >= 11 is 0. The van der Waals surface area contributed by atoms with E-state index in [1.165, 1.54) is 0 Å². The highest BCUT2D eigenvalue weighted by Gasteiger charge is 1.77. The minimum Gasteiger partial charge on any atom is -0.303 e. The van der Waals surface area contributed by atoms with Crippen molar-refractivity contribution in [1.82, 2.24) is 0 Å². The molecule has 0 saturated carbocycles. The van der Waals surface area contributed by atoms with Crippen LogP contribution in [0.5, 0.6) is 0 Å². The Hall–Kier alpha value is -1.89. The van der Waals surface area contributed by atoms with Crippen molar-refractivity contribution >= 4 is 6.29 Å². The lowest BCUT2D eigenvalue weighted by Crippen LogP contribution is -1.70. The minimum atomic E-state index is 0.627. The highest BCUT2D eigenvalue weighted by Crippen LogP contribution is 1.97. The predicted octanol–water partition coefficient (Wildman–Crippen LogP) is 6.66. The third-order valence-electron chi connectivity index (χ3n) is 3.05. The smallest absolute Gasteiger partial charge is 0.120 e. The molecule has 0 fully saturated rings. The summed E-state index contributed by atoms with van der Waals surface area (Å²) < 4.78 is 0. The fraction of sp³-hybridized carbons (Fsp3) is 0.409. The van der Waals surface area contributed by atoms with E-state index in [0.717, 1.165) is 51.2 Å². The van der Waals surface area contributed by atoms with Crippen molar-refractivity contribution in [2.24, 2.45) is 0 Å². The molecule has 126 valence electrons. The molecule has 0 radical (unpaired) electrons. The molecule has 0 aromatic rings. The highest BCUT2D eigenvalue weighted by atomic mass is 16.1. The molecule has 1 heteroatoms. The summed E-state index contributed by atoms with van der Waals surface area (Å²) in [5.41, 5.74) is 0. The summed E-state index contributed by atoms with van der Waals surface area (Å²) in [6, 6.07) is 0. The summed E-state index contributed by atoms with van der Waals surface area (Å²) in [6.45, 7) is 2.15. The molecule has 0 aliphatic carbocycles. The molecule has 0 aromatic heterocycles. The van der Waals surface area contributed by atoms with Gasteiger partial charge in [0.2, 0.25) is 0 Å². The average Bonchev–Trinajstić information content (AvgIpc) is 2.57. The number of aldehydes is 1. The molecule has 0 saturated heterocycles. The SMILES string of the molecule is CC/C=C/C/C=C/C/C=C/C/C=C/C/C=C/C/C=C/CCC=O. The molecule has 0 bridgehead atoms. The summed E-state index contributed by atoms with van der Waals surface area (Å²) in [6.07, 6.45) is 34.7. The highest BCUT2D eigenvalue weighted by molar-refractivity contribution is 5.49. The minimum absolute atomic E-state index is 0.627. The van der Waals surface area contributed by atoms with Gasteiger partial charge in [-0.3, -0.25) is 0 Å². The van der Waals surface area contributed by atoms with Gasteiger partial charge in [0.1, 0.15) is 6.29 Å². The van der Waals surface area contributed by atoms with Gasteiger partial charge in [-0.05, 0) is 44.9 Å².